The molecule has 100 valence electrons. The maximum absolute atomic E-state index is 11.3. The molecule has 0 saturated heterocycles. The summed E-state index contributed by atoms with van der Waals surface area (Å²) in [6.45, 7) is 4.80. The summed E-state index contributed by atoms with van der Waals surface area (Å²) in [4.78, 5) is 11.3. The fourth-order valence-corrected chi connectivity index (χ4v) is 1.51. The molecule has 0 aromatic heterocycles. The Kier molecular flexibility index (Phi) is 6.22. The molecule has 1 rings (SSSR count). The van der Waals surface area contributed by atoms with Crippen molar-refractivity contribution in [2.75, 3.05) is 13.2 Å². The summed E-state index contributed by atoms with van der Waals surface area (Å²) in [6, 6.07) is 7.63. The number of nitrogens with two attached hydrogens (primary N) is 1. The number of hydrogen-bond donors (Lipinski definition) is 2. The van der Waals surface area contributed by atoms with Crippen LogP contribution >= 0.6 is 0 Å². The van der Waals surface area contributed by atoms with E-state index in [1.54, 1.807) is 0 Å². The molecule has 0 aliphatic rings. The largest absolute Gasteiger partial charge is 0.484 e. The van der Waals surface area contributed by atoms with Crippen molar-refractivity contribution in [3.8, 4) is 5.75 Å². The lowest BCUT2D eigenvalue weighted by Gasteiger charge is -2.10. The molecule has 0 saturated carbocycles. The summed E-state index contributed by atoms with van der Waals surface area (Å²) < 4.78 is 5.38. The molecule has 1 amide bonds. The zero-order valence-electron chi connectivity index (χ0n) is 11.1. The SMILES string of the molecule is CCCNC(=O)COc1ccc([C@H](N)CC)cc1. The van der Waals surface area contributed by atoms with Crippen LogP contribution in [0.25, 0.3) is 0 Å². The van der Waals surface area contributed by atoms with Gasteiger partial charge in [-0.25, -0.2) is 0 Å². The zero-order valence-corrected chi connectivity index (χ0v) is 11.1. The number of benzene rings is 1. The Hall–Kier alpha value is -1.55. The molecule has 18 heavy (non-hydrogen) atoms. The molecule has 0 heterocycles. The molecule has 0 aliphatic carbocycles. The second-order valence-corrected chi connectivity index (χ2v) is 4.22. The maximum atomic E-state index is 11.3. The van der Waals surface area contributed by atoms with Crippen LogP contribution in [0.5, 0.6) is 5.75 Å². The van der Waals surface area contributed by atoms with Gasteiger partial charge in [0.1, 0.15) is 5.75 Å². The second-order valence-electron chi connectivity index (χ2n) is 4.22. The maximum Gasteiger partial charge on any atom is 0.257 e. The number of ether oxygens (including phenoxy) is 1. The third kappa shape index (κ3) is 4.75. The molecule has 1 atom stereocenters. The van der Waals surface area contributed by atoms with Crippen LogP contribution in [-0.4, -0.2) is 19.1 Å². The number of hydrogen-bond acceptors (Lipinski definition) is 3. The van der Waals surface area contributed by atoms with Crippen molar-refractivity contribution in [2.24, 2.45) is 5.73 Å². The number of amides is 1. The summed E-state index contributed by atoms with van der Waals surface area (Å²) in [6.07, 6.45) is 1.83. The fraction of sp³-hybridized carbons (Fsp3) is 0.500. The predicted octanol–water partition coefficient (Wildman–Crippen LogP) is 2.00. The van der Waals surface area contributed by atoms with Gasteiger partial charge < -0.3 is 15.8 Å². The molecular formula is C14H22N2O2. The molecule has 3 N–H and O–H groups in total. The van der Waals surface area contributed by atoms with Crippen molar-refractivity contribution < 1.29 is 9.53 Å². The van der Waals surface area contributed by atoms with Crippen molar-refractivity contribution >= 4 is 5.91 Å². The van der Waals surface area contributed by atoms with Gasteiger partial charge in [-0.1, -0.05) is 26.0 Å². The Morgan fingerprint density at radius 2 is 2.00 bits per heavy atom. The Balaban J connectivity index is 2.41. The number of carbonyl (C=O) groups is 1. The van der Waals surface area contributed by atoms with Crippen LogP contribution in [0.1, 0.15) is 38.3 Å². The van der Waals surface area contributed by atoms with Crippen LogP contribution < -0.4 is 15.8 Å². The Bertz CT molecular complexity index is 363. The monoisotopic (exact) mass is 250 g/mol. The number of rotatable bonds is 7. The minimum Gasteiger partial charge on any atom is -0.484 e. The van der Waals surface area contributed by atoms with E-state index in [4.69, 9.17) is 10.5 Å². The molecule has 4 nitrogen and oxygen atoms in total. The summed E-state index contributed by atoms with van der Waals surface area (Å²) in [5.41, 5.74) is 7.00. The van der Waals surface area contributed by atoms with E-state index in [1.165, 1.54) is 0 Å². The van der Waals surface area contributed by atoms with Gasteiger partial charge in [-0.2, -0.15) is 0 Å². The molecule has 4 heteroatoms. The molecule has 0 radical (unpaired) electrons. The number of nitrogens with one attached hydrogen (secondary N) is 1. The molecule has 1 aromatic rings. The van der Waals surface area contributed by atoms with Gasteiger partial charge in [-0.3, -0.25) is 4.79 Å². The van der Waals surface area contributed by atoms with Crippen LogP contribution in [0.3, 0.4) is 0 Å². The van der Waals surface area contributed by atoms with E-state index in [-0.39, 0.29) is 18.6 Å². The molecule has 1 aromatic carbocycles. The van der Waals surface area contributed by atoms with Crippen LogP contribution in [0.4, 0.5) is 0 Å². The minimum atomic E-state index is -0.0915. The average molecular weight is 250 g/mol. The van der Waals surface area contributed by atoms with Gasteiger partial charge in [0.25, 0.3) is 5.91 Å². The Labute approximate surface area is 109 Å². The summed E-state index contributed by atoms with van der Waals surface area (Å²) in [7, 11) is 0. The first kappa shape index (κ1) is 14.5. The van der Waals surface area contributed by atoms with Gasteiger partial charge in [-0.15, -0.1) is 0 Å². The average Bonchev–Trinajstić information content (AvgIpc) is 2.42. The minimum absolute atomic E-state index is 0.0547. The molecule has 0 spiro atoms. The highest BCUT2D eigenvalue weighted by Gasteiger charge is 2.04. The zero-order chi connectivity index (χ0) is 13.4. The van der Waals surface area contributed by atoms with E-state index in [1.807, 2.05) is 38.1 Å². The van der Waals surface area contributed by atoms with E-state index < -0.39 is 0 Å². The highest BCUT2D eigenvalue weighted by molar-refractivity contribution is 5.77. The lowest BCUT2D eigenvalue weighted by atomic mass is 10.1. The van der Waals surface area contributed by atoms with E-state index in [9.17, 15) is 4.79 Å². The van der Waals surface area contributed by atoms with E-state index in [2.05, 4.69) is 5.32 Å². The van der Waals surface area contributed by atoms with Crippen LogP contribution in [0, 0.1) is 0 Å². The first-order chi connectivity index (χ1) is 8.67. The van der Waals surface area contributed by atoms with Crippen LogP contribution in [0.2, 0.25) is 0 Å². The lowest BCUT2D eigenvalue weighted by Crippen LogP contribution is -2.29. The topological polar surface area (TPSA) is 64.3 Å². The van der Waals surface area contributed by atoms with Crippen molar-refractivity contribution in [2.45, 2.75) is 32.7 Å². The fourth-order valence-electron chi connectivity index (χ4n) is 1.51. The molecule has 0 bridgehead atoms. The quantitative estimate of drug-likeness (QED) is 0.778. The predicted molar refractivity (Wildman–Crippen MR) is 72.5 cm³/mol. The summed E-state index contributed by atoms with van der Waals surface area (Å²) in [5, 5.41) is 2.76. The third-order valence-corrected chi connectivity index (χ3v) is 2.69. The normalized spacial score (nSPS) is 11.9. The lowest BCUT2D eigenvalue weighted by molar-refractivity contribution is -0.123. The number of carbonyl (C=O) groups excluding carboxylic acids is 1. The first-order valence-electron chi connectivity index (χ1n) is 6.42. The van der Waals surface area contributed by atoms with Crippen molar-refractivity contribution in [3.05, 3.63) is 29.8 Å². The van der Waals surface area contributed by atoms with Gasteiger partial charge in [0.05, 0.1) is 0 Å². The van der Waals surface area contributed by atoms with E-state index in [0.29, 0.717) is 12.3 Å². The molecule has 0 unspecified atom stereocenters. The van der Waals surface area contributed by atoms with Gasteiger partial charge in [0.2, 0.25) is 0 Å². The third-order valence-electron chi connectivity index (χ3n) is 2.69. The highest BCUT2D eigenvalue weighted by atomic mass is 16.5. The molecular weight excluding hydrogens is 228 g/mol. The first-order valence-corrected chi connectivity index (χ1v) is 6.42. The standard InChI is InChI=1S/C14H22N2O2/c1-3-9-16-14(17)10-18-12-7-5-11(6-8-12)13(15)4-2/h5-8,13H,3-4,9-10,15H2,1-2H3,(H,16,17)/t13-/m1/s1. The second kappa shape index (κ2) is 7.71. The van der Waals surface area contributed by atoms with E-state index >= 15 is 0 Å². The summed E-state index contributed by atoms with van der Waals surface area (Å²) in [5.74, 6) is 0.597. The molecule has 0 fully saturated rings. The van der Waals surface area contributed by atoms with Crippen molar-refractivity contribution in [1.29, 1.82) is 0 Å². The Morgan fingerprint density at radius 3 is 2.56 bits per heavy atom. The van der Waals surface area contributed by atoms with E-state index in [0.717, 1.165) is 18.4 Å². The van der Waals surface area contributed by atoms with Crippen LogP contribution in [0.15, 0.2) is 24.3 Å². The van der Waals surface area contributed by atoms with Gasteiger partial charge in [0.15, 0.2) is 6.61 Å². The van der Waals surface area contributed by atoms with Crippen molar-refractivity contribution in [3.63, 3.8) is 0 Å². The van der Waals surface area contributed by atoms with Gasteiger partial charge >= 0.3 is 0 Å². The van der Waals surface area contributed by atoms with Gasteiger partial charge in [0, 0.05) is 12.6 Å². The molecule has 0 aliphatic heterocycles. The smallest absolute Gasteiger partial charge is 0.257 e. The summed E-state index contributed by atoms with van der Waals surface area (Å²) >= 11 is 0. The van der Waals surface area contributed by atoms with Gasteiger partial charge in [-0.05, 0) is 30.5 Å². The Morgan fingerprint density at radius 1 is 1.33 bits per heavy atom. The van der Waals surface area contributed by atoms with Crippen LogP contribution in [-0.2, 0) is 4.79 Å². The highest BCUT2D eigenvalue weighted by Crippen LogP contribution is 2.18. The van der Waals surface area contributed by atoms with Crippen molar-refractivity contribution in [1.82, 2.24) is 5.32 Å².